The highest BCUT2D eigenvalue weighted by atomic mass is 15.1. The van der Waals surface area contributed by atoms with Crippen molar-refractivity contribution in [1.82, 2.24) is 4.57 Å². The second-order valence-electron chi connectivity index (χ2n) is 16.1. The highest BCUT2D eigenvalue weighted by Crippen LogP contribution is 2.48. The van der Waals surface area contributed by atoms with E-state index in [1.165, 1.54) is 88.6 Å². The number of hydrogen-bond acceptors (Lipinski definition) is 1. The van der Waals surface area contributed by atoms with Crippen molar-refractivity contribution in [2.45, 2.75) is 31.6 Å². The van der Waals surface area contributed by atoms with Gasteiger partial charge in [0.05, 0.1) is 11.0 Å². The maximum atomic E-state index is 2.50. The molecule has 1 unspecified atom stereocenters. The SMILES string of the molecule is CC1(C)c2ccccc2-c2ccccc21.CN(C1=CCC(c2ccccc2-n2c3ccccc3c3ccc4ccccc4c32)C=C1)c1ccc(-c2ccccc2)cc1. The smallest absolute Gasteiger partial charge is 0.0619 e. The van der Waals surface area contributed by atoms with Gasteiger partial charge >= 0.3 is 0 Å². The summed E-state index contributed by atoms with van der Waals surface area (Å²) < 4.78 is 2.50. The lowest BCUT2D eigenvalue weighted by Crippen LogP contribution is -2.17. The summed E-state index contributed by atoms with van der Waals surface area (Å²) >= 11 is 0. The number of fused-ring (bicyclic) bond motifs is 8. The van der Waals surface area contributed by atoms with Crippen molar-refractivity contribution in [1.29, 1.82) is 0 Å². The molecule has 9 aromatic rings. The molecule has 2 nitrogen and oxygen atoms in total. The van der Waals surface area contributed by atoms with Crippen LogP contribution in [0.1, 0.15) is 42.9 Å². The van der Waals surface area contributed by atoms with Crippen LogP contribution in [0.2, 0.25) is 0 Å². The van der Waals surface area contributed by atoms with E-state index in [0.29, 0.717) is 5.92 Å². The number of hydrogen-bond donors (Lipinski definition) is 0. The van der Waals surface area contributed by atoms with Crippen LogP contribution in [0.5, 0.6) is 0 Å². The Morgan fingerprint density at radius 1 is 0.534 bits per heavy atom. The fourth-order valence-corrected chi connectivity index (χ4v) is 9.40. The summed E-state index contributed by atoms with van der Waals surface area (Å²) in [5.74, 6) is 0.292. The van der Waals surface area contributed by atoms with Gasteiger partial charge in [-0.25, -0.2) is 0 Å². The summed E-state index contributed by atoms with van der Waals surface area (Å²) in [5, 5.41) is 5.14. The van der Waals surface area contributed by atoms with Crippen molar-refractivity contribution in [2.24, 2.45) is 0 Å². The normalized spacial score (nSPS) is 15.1. The van der Waals surface area contributed by atoms with Crippen molar-refractivity contribution in [3.8, 4) is 27.9 Å². The Kier molecular flexibility index (Phi) is 8.91. The minimum absolute atomic E-state index is 0.160. The molecule has 2 heteroatoms. The van der Waals surface area contributed by atoms with Gasteiger partial charge in [0.2, 0.25) is 0 Å². The molecular formula is C56H46N2. The van der Waals surface area contributed by atoms with Gasteiger partial charge < -0.3 is 9.47 Å². The Bertz CT molecular complexity index is 2970. The molecule has 11 rings (SSSR count). The minimum Gasteiger partial charge on any atom is -0.345 e. The molecule has 1 heterocycles. The van der Waals surface area contributed by atoms with Gasteiger partial charge in [-0.2, -0.15) is 0 Å². The molecule has 280 valence electrons. The Hall–Kier alpha value is -6.90. The molecular weight excluding hydrogens is 701 g/mol. The quantitative estimate of drug-likeness (QED) is 0.170. The third-order valence-electron chi connectivity index (χ3n) is 12.5. The number of likely N-dealkylation sites (N-methyl/N-ethyl adjacent to an activating group) is 1. The van der Waals surface area contributed by atoms with E-state index in [0.717, 1.165) is 6.42 Å². The predicted molar refractivity (Wildman–Crippen MR) is 247 cm³/mol. The van der Waals surface area contributed by atoms with Crippen LogP contribution in [0, 0.1) is 0 Å². The third-order valence-corrected chi connectivity index (χ3v) is 12.5. The van der Waals surface area contributed by atoms with E-state index in [1.54, 1.807) is 0 Å². The van der Waals surface area contributed by atoms with Gasteiger partial charge in [0.15, 0.2) is 0 Å². The maximum absolute atomic E-state index is 2.50. The molecule has 1 atom stereocenters. The van der Waals surface area contributed by atoms with E-state index in [9.17, 15) is 0 Å². The van der Waals surface area contributed by atoms with Gasteiger partial charge in [-0.15, -0.1) is 0 Å². The number of anilines is 1. The highest BCUT2D eigenvalue weighted by Gasteiger charge is 2.34. The van der Waals surface area contributed by atoms with Crippen LogP contribution in [-0.2, 0) is 5.41 Å². The summed E-state index contributed by atoms with van der Waals surface area (Å²) in [5.41, 5.74) is 15.9. The minimum atomic E-state index is 0.160. The number of nitrogens with zero attached hydrogens (tertiary/aromatic N) is 2. The summed E-state index contributed by atoms with van der Waals surface area (Å²) in [6, 6.07) is 67.9. The molecule has 58 heavy (non-hydrogen) atoms. The van der Waals surface area contributed by atoms with Gasteiger partial charge in [-0.3, -0.25) is 0 Å². The Labute approximate surface area is 341 Å². The zero-order valence-electron chi connectivity index (χ0n) is 33.3. The van der Waals surface area contributed by atoms with E-state index in [-0.39, 0.29) is 5.41 Å². The summed E-state index contributed by atoms with van der Waals surface area (Å²) in [7, 11) is 2.16. The Morgan fingerprint density at radius 2 is 1.14 bits per heavy atom. The summed E-state index contributed by atoms with van der Waals surface area (Å²) in [6.45, 7) is 4.61. The number of rotatable bonds is 5. The standard InChI is InChI=1S/C41H32N2.C15H14/c1-42(33-24-19-30(20-25-33)29-11-3-2-4-12-29)34-26-21-32(22-27-34)35-14-7-9-17-39(35)43-40-18-10-8-16-37(40)38-28-23-31-13-5-6-15-36(31)41(38)43;1-15(2)13-9-5-3-7-11(13)12-8-4-6-10-14(12)15/h2-21,23-28,32H,22H2,1H3;3-10H,1-2H3. The molecule has 0 saturated carbocycles. The third kappa shape index (κ3) is 6.04. The fourth-order valence-electron chi connectivity index (χ4n) is 9.40. The van der Waals surface area contributed by atoms with Crippen LogP contribution < -0.4 is 4.90 Å². The zero-order chi connectivity index (χ0) is 39.2. The molecule has 0 amide bonds. The van der Waals surface area contributed by atoms with Crippen molar-refractivity contribution in [3.05, 3.63) is 229 Å². The Balaban J connectivity index is 0.000000227. The second-order valence-corrected chi connectivity index (χ2v) is 16.1. The first-order valence-corrected chi connectivity index (χ1v) is 20.4. The number of para-hydroxylation sites is 2. The van der Waals surface area contributed by atoms with Gasteiger partial charge in [-0.05, 0) is 81.1 Å². The molecule has 0 spiro atoms. The first kappa shape index (κ1) is 35.5. The zero-order valence-corrected chi connectivity index (χ0v) is 33.3. The first-order valence-electron chi connectivity index (χ1n) is 20.4. The number of benzene rings is 8. The number of allylic oxidation sites excluding steroid dienone is 3. The van der Waals surface area contributed by atoms with Gasteiger partial charge in [0.25, 0.3) is 0 Å². The average molecular weight is 747 g/mol. The summed E-state index contributed by atoms with van der Waals surface area (Å²) in [6.07, 6.45) is 8.01. The predicted octanol–water partition coefficient (Wildman–Crippen LogP) is 14.7. The van der Waals surface area contributed by atoms with E-state index in [2.05, 4.69) is 237 Å². The van der Waals surface area contributed by atoms with Crippen molar-refractivity contribution >= 4 is 38.3 Å². The lowest BCUT2D eigenvalue weighted by atomic mass is 9.82. The van der Waals surface area contributed by atoms with E-state index in [4.69, 9.17) is 0 Å². The van der Waals surface area contributed by atoms with Crippen LogP contribution in [0.4, 0.5) is 5.69 Å². The van der Waals surface area contributed by atoms with E-state index in [1.807, 2.05) is 0 Å². The molecule has 1 aromatic heterocycles. The topological polar surface area (TPSA) is 8.17 Å². The molecule has 0 bridgehead atoms. The monoisotopic (exact) mass is 746 g/mol. The van der Waals surface area contributed by atoms with Gasteiger partial charge in [0, 0.05) is 51.6 Å². The first-order chi connectivity index (χ1) is 28.5. The van der Waals surface area contributed by atoms with Crippen molar-refractivity contribution < 1.29 is 0 Å². The molecule has 0 N–H and O–H groups in total. The van der Waals surface area contributed by atoms with Gasteiger partial charge in [-0.1, -0.05) is 190 Å². The molecule has 0 aliphatic heterocycles. The molecule has 8 aromatic carbocycles. The Morgan fingerprint density at radius 3 is 1.86 bits per heavy atom. The highest BCUT2D eigenvalue weighted by molar-refractivity contribution is 6.18. The lowest BCUT2D eigenvalue weighted by Gasteiger charge is -2.26. The van der Waals surface area contributed by atoms with Crippen LogP contribution in [-0.4, -0.2) is 11.6 Å². The van der Waals surface area contributed by atoms with Crippen molar-refractivity contribution in [3.63, 3.8) is 0 Å². The van der Waals surface area contributed by atoms with E-state index < -0.39 is 0 Å². The summed E-state index contributed by atoms with van der Waals surface area (Å²) in [4.78, 5) is 2.28. The molecule has 0 radical (unpaired) electrons. The lowest BCUT2D eigenvalue weighted by molar-refractivity contribution is 0.660. The molecule has 2 aliphatic rings. The fraction of sp³-hybridized carbons (Fsp3) is 0.107. The molecule has 0 saturated heterocycles. The maximum Gasteiger partial charge on any atom is 0.0619 e. The van der Waals surface area contributed by atoms with Crippen LogP contribution in [0.15, 0.2) is 212 Å². The van der Waals surface area contributed by atoms with Gasteiger partial charge in [0.1, 0.15) is 0 Å². The van der Waals surface area contributed by atoms with E-state index >= 15 is 0 Å². The molecule has 0 fully saturated rings. The van der Waals surface area contributed by atoms with Crippen molar-refractivity contribution in [2.75, 3.05) is 11.9 Å². The molecule has 2 aliphatic carbocycles. The van der Waals surface area contributed by atoms with Crippen LogP contribution in [0.3, 0.4) is 0 Å². The second kappa shape index (κ2) is 14.6. The van der Waals surface area contributed by atoms with Crippen LogP contribution >= 0.6 is 0 Å². The van der Waals surface area contributed by atoms with Crippen LogP contribution in [0.25, 0.3) is 60.5 Å². The average Bonchev–Trinajstić information content (AvgIpc) is 3.75. The number of aromatic nitrogens is 1. The largest absolute Gasteiger partial charge is 0.345 e.